The van der Waals surface area contributed by atoms with E-state index in [2.05, 4.69) is 20.5 Å². The van der Waals surface area contributed by atoms with Crippen LogP contribution in [0.3, 0.4) is 0 Å². The van der Waals surface area contributed by atoms with Gasteiger partial charge in [-0.05, 0) is 55.8 Å². The van der Waals surface area contributed by atoms with Gasteiger partial charge in [-0.1, -0.05) is 12.1 Å². The topological polar surface area (TPSA) is 96.4 Å². The molecule has 0 atom stereocenters. The zero-order chi connectivity index (χ0) is 19.9. The third-order valence-electron chi connectivity index (χ3n) is 3.91. The van der Waals surface area contributed by atoms with Crippen LogP contribution in [0.1, 0.15) is 31.5 Å². The van der Waals surface area contributed by atoms with Crippen molar-refractivity contribution in [2.24, 2.45) is 5.10 Å². The molecule has 3 aromatic rings. The molecule has 7 heteroatoms. The van der Waals surface area contributed by atoms with Gasteiger partial charge in [-0.15, -0.1) is 0 Å². The van der Waals surface area contributed by atoms with Crippen molar-refractivity contribution >= 4 is 23.2 Å². The Morgan fingerprint density at radius 1 is 1.21 bits per heavy atom. The Hall–Kier alpha value is -3.48. The lowest BCUT2D eigenvalue weighted by molar-refractivity contribution is -0.121. The van der Waals surface area contributed by atoms with Crippen LogP contribution in [0.2, 0.25) is 0 Å². The molecule has 0 saturated heterocycles. The highest BCUT2D eigenvalue weighted by Gasteiger charge is 2.07. The number of hydrogen-bond donors (Lipinski definition) is 2. The predicted molar refractivity (Wildman–Crippen MR) is 109 cm³/mol. The van der Waals surface area contributed by atoms with Gasteiger partial charge in [0.05, 0.1) is 23.4 Å². The van der Waals surface area contributed by atoms with Crippen molar-refractivity contribution in [1.82, 2.24) is 15.4 Å². The van der Waals surface area contributed by atoms with Crippen LogP contribution in [-0.2, 0) is 11.2 Å². The van der Waals surface area contributed by atoms with Crippen LogP contribution in [0.5, 0.6) is 5.75 Å². The second-order valence-electron chi connectivity index (χ2n) is 6.56. The van der Waals surface area contributed by atoms with Gasteiger partial charge in [-0.2, -0.15) is 5.10 Å². The first-order valence-corrected chi connectivity index (χ1v) is 9.08. The Morgan fingerprint density at radius 3 is 2.71 bits per heavy atom. The fourth-order valence-electron chi connectivity index (χ4n) is 2.61. The largest absolute Gasteiger partial charge is 0.491 e. The monoisotopic (exact) mass is 378 g/mol. The Kier molecular flexibility index (Phi) is 6.16. The fraction of sp³-hybridized carbons (Fsp3) is 0.238. The molecule has 0 aliphatic heterocycles. The number of carbonyl (C=O) groups excluding carboxylic acids is 1. The molecule has 0 unspecified atom stereocenters. The predicted octanol–water partition coefficient (Wildman–Crippen LogP) is 2.79. The Bertz CT molecular complexity index is 1040. The number of nitrogens with one attached hydrogen (secondary N) is 2. The highest BCUT2D eigenvalue weighted by Crippen LogP contribution is 2.12. The van der Waals surface area contributed by atoms with E-state index >= 15 is 0 Å². The number of aromatic amines is 1. The first-order valence-electron chi connectivity index (χ1n) is 9.08. The van der Waals surface area contributed by atoms with E-state index in [1.807, 2.05) is 56.3 Å². The number of fused-ring (bicyclic) bond motifs is 1. The molecule has 28 heavy (non-hydrogen) atoms. The van der Waals surface area contributed by atoms with E-state index < -0.39 is 0 Å². The van der Waals surface area contributed by atoms with E-state index in [1.165, 1.54) is 0 Å². The summed E-state index contributed by atoms with van der Waals surface area (Å²) in [7, 11) is 0. The van der Waals surface area contributed by atoms with Crippen molar-refractivity contribution in [2.75, 3.05) is 0 Å². The molecule has 7 nitrogen and oxygen atoms in total. The van der Waals surface area contributed by atoms with Gasteiger partial charge in [-0.3, -0.25) is 9.59 Å². The van der Waals surface area contributed by atoms with Crippen LogP contribution in [0.15, 0.2) is 58.4 Å². The van der Waals surface area contributed by atoms with Crippen LogP contribution in [0.25, 0.3) is 11.0 Å². The number of aryl methyl sites for hydroxylation is 1. The van der Waals surface area contributed by atoms with E-state index in [0.717, 1.165) is 11.3 Å². The van der Waals surface area contributed by atoms with E-state index in [0.29, 0.717) is 16.7 Å². The summed E-state index contributed by atoms with van der Waals surface area (Å²) >= 11 is 0. The van der Waals surface area contributed by atoms with Crippen LogP contribution in [0.4, 0.5) is 0 Å². The second kappa shape index (κ2) is 8.94. The first kappa shape index (κ1) is 19.3. The number of nitrogens with zero attached hydrogens (tertiary/aromatic N) is 2. The number of hydrogen-bond acceptors (Lipinski definition) is 5. The van der Waals surface area contributed by atoms with Gasteiger partial charge in [0.25, 0.3) is 5.56 Å². The van der Waals surface area contributed by atoms with Gasteiger partial charge < -0.3 is 9.72 Å². The van der Waals surface area contributed by atoms with Crippen molar-refractivity contribution in [3.63, 3.8) is 0 Å². The van der Waals surface area contributed by atoms with E-state index in [9.17, 15) is 9.59 Å². The van der Waals surface area contributed by atoms with E-state index in [1.54, 1.807) is 12.3 Å². The lowest BCUT2D eigenvalue weighted by Gasteiger charge is -2.09. The molecule has 2 aromatic carbocycles. The van der Waals surface area contributed by atoms with Gasteiger partial charge in [0.1, 0.15) is 11.4 Å². The summed E-state index contributed by atoms with van der Waals surface area (Å²) in [4.78, 5) is 31.1. The van der Waals surface area contributed by atoms with Gasteiger partial charge in [0.15, 0.2) is 0 Å². The molecule has 0 aliphatic rings. The lowest BCUT2D eigenvalue weighted by atomic mass is 10.2. The smallest absolute Gasteiger partial charge is 0.270 e. The Labute approximate surface area is 162 Å². The number of para-hydroxylation sites is 2. The average molecular weight is 378 g/mol. The number of hydrazone groups is 1. The summed E-state index contributed by atoms with van der Waals surface area (Å²) in [5, 5.41) is 3.95. The first-order chi connectivity index (χ1) is 13.5. The number of H-pyrrole nitrogens is 1. The van der Waals surface area contributed by atoms with Crippen molar-refractivity contribution in [2.45, 2.75) is 32.8 Å². The molecule has 2 N–H and O–H groups in total. The van der Waals surface area contributed by atoms with Crippen LogP contribution in [0, 0.1) is 0 Å². The zero-order valence-electron chi connectivity index (χ0n) is 15.8. The summed E-state index contributed by atoms with van der Waals surface area (Å²) in [6.45, 7) is 3.93. The van der Waals surface area contributed by atoms with Gasteiger partial charge >= 0.3 is 0 Å². The van der Waals surface area contributed by atoms with Crippen molar-refractivity contribution in [1.29, 1.82) is 0 Å². The van der Waals surface area contributed by atoms with Gasteiger partial charge in [0.2, 0.25) is 5.91 Å². The van der Waals surface area contributed by atoms with Crippen molar-refractivity contribution in [3.8, 4) is 5.75 Å². The highest BCUT2D eigenvalue weighted by atomic mass is 16.5. The zero-order valence-corrected chi connectivity index (χ0v) is 15.8. The SMILES string of the molecule is CC(C)Oc1ccc(/C=N\NC(=O)CCc2nc3ccccc3[nH]c2=O)cc1. The maximum atomic E-state index is 12.0. The molecule has 3 rings (SSSR count). The number of ether oxygens (including phenoxy) is 1. The summed E-state index contributed by atoms with van der Waals surface area (Å²) in [5.74, 6) is 0.495. The minimum Gasteiger partial charge on any atom is -0.491 e. The van der Waals surface area contributed by atoms with E-state index in [4.69, 9.17) is 4.74 Å². The Balaban J connectivity index is 1.52. The molecule has 0 spiro atoms. The summed E-state index contributed by atoms with van der Waals surface area (Å²) < 4.78 is 5.57. The molecule has 0 radical (unpaired) electrons. The van der Waals surface area contributed by atoms with Crippen LogP contribution in [-0.4, -0.2) is 28.2 Å². The fourth-order valence-corrected chi connectivity index (χ4v) is 2.61. The minimum atomic E-state index is -0.287. The Morgan fingerprint density at radius 2 is 1.96 bits per heavy atom. The van der Waals surface area contributed by atoms with Crippen LogP contribution < -0.4 is 15.7 Å². The van der Waals surface area contributed by atoms with Crippen LogP contribution >= 0.6 is 0 Å². The molecular formula is C21H22N4O3. The quantitative estimate of drug-likeness (QED) is 0.488. The molecule has 0 aliphatic carbocycles. The minimum absolute atomic E-state index is 0.114. The number of carbonyl (C=O) groups is 1. The van der Waals surface area contributed by atoms with Gasteiger partial charge in [0, 0.05) is 12.8 Å². The average Bonchev–Trinajstić information content (AvgIpc) is 2.67. The molecule has 1 aromatic heterocycles. The normalized spacial score (nSPS) is 11.2. The standard InChI is InChI=1S/C21H22N4O3/c1-14(2)28-16-9-7-15(8-10-16)13-22-25-20(26)12-11-19-21(27)24-18-6-4-3-5-17(18)23-19/h3-10,13-14H,11-12H2,1-2H3,(H,24,27)(H,25,26)/b22-13-. The molecule has 0 bridgehead atoms. The number of rotatable bonds is 7. The number of amides is 1. The highest BCUT2D eigenvalue weighted by molar-refractivity contribution is 5.82. The number of aromatic nitrogens is 2. The maximum Gasteiger partial charge on any atom is 0.270 e. The molecule has 144 valence electrons. The molecule has 1 heterocycles. The molecule has 1 amide bonds. The van der Waals surface area contributed by atoms with Gasteiger partial charge in [-0.25, -0.2) is 10.4 Å². The summed E-state index contributed by atoms with van der Waals surface area (Å²) in [5.41, 5.74) is 4.73. The third-order valence-corrected chi connectivity index (χ3v) is 3.91. The second-order valence-corrected chi connectivity index (χ2v) is 6.56. The van der Waals surface area contributed by atoms with Crippen molar-refractivity contribution < 1.29 is 9.53 Å². The molecular weight excluding hydrogens is 356 g/mol. The molecule has 0 saturated carbocycles. The third kappa shape index (κ3) is 5.26. The maximum absolute atomic E-state index is 12.0. The lowest BCUT2D eigenvalue weighted by Crippen LogP contribution is -2.21. The molecule has 0 fully saturated rings. The van der Waals surface area contributed by atoms with Crippen molar-refractivity contribution in [3.05, 3.63) is 70.1 Å². The summed E-state index contributed by atoms with van der Waals surface area (Å²) in [6, 6.07) is 14.7. The summed E-state index contributed by atoms with van der Waals surface area (Å²) in [6.07, 6.45) is 2.02. The van der Waals surface area contributed by atoms with E-state index in [-0.39, 0.29) is 30.4 Å². The number of benzene rings is 2.